The number of benzene rings is 1. The van der Waals surface area contributed by atoms with Crippen LogP contribution in [-0.4, -0.2) is 19.2 Å². The summed E-state index contributed by atoms with van der Waals surface area (Å²) in [6.45, 7) is 0.277. The lowest BCUT2D eigenvalue weighted by atomic mass is 9.83. The molecule has 1 aromatic carbocycles. The Kier molecular flexibility index (Phi) is 5.60. The summed E-state index contributed by atoms with van der Waals surface area (Å²) in [5.41, 5.74) is 6.21. The first-order valence-corrected chi connectivity index (χ1v) is 7.39. The fourth-order valence-electron chi connectivity index (χ4n) is 2.56. The van der Waals surface area contributed by atoms with Gasteiger partial charge in [-0.1, -0.05) is 12.1 Å². The van der Waals surface area contributed by atoms with Crippen LogP contribution in [0.5, 0.6) is 5.75 Å². The Morgan fingerprint density at radius 2 is 2.20 bits per heavy atom. The number of hydrogen-bond acceptors (Lipinski definition) is 6. The molecule has 0 spiro atoms. The molecule has 0 saturated heterocycles. The summed E-state index contributed by atoms with van der Waals surface area (Å²) in [5, 5.41) is 9.43. The smallest absolute Gasteiger partial charge is 0.387 e. The van der Waals surface area contributed by atoms with Crippen LogP contribution in [0.15, 0.2) is 47.1 Å². The minimum absolute atomic E-state index is 0.0112. The molecular formula is C17H16F2N2O4. The molecule has 6 nitrogen and oxygen atoms in total. The number of esters is 1. The summed E-state index contributed by atoms with van der Waals surface area (Å²) in [6.07, 6.45) is 0. The Morgan fingerprint density at radius 3 is 2.80 bits per heavy atom. The highest BCUT2D eigenvalue weighted by atomic mass is 19.3. The van der Waals surface area contributed by atoms with E-state index in [-0.39, 0.29) is 35.1 Å². The minimum atomic E-state index is -3.00. The summed E-state index contributed by atoms with van der Waals surface area (Å²) in [6, 6.07) is 7.62. The van der Waals surface area contributed by atoms with E-state index >= 15 is 0 Å². The lowest BCUT2D eigenvalue weighted by molar-refractivity contribution is -0.139. The maximum Gasteiger partial charge on any atom is 0.387 e. The number of nitriles is 1. The molecule has 1 unspecified atom stereocenters. The zero-order chi connectivity index (χ0) is 18.6. The molecule has 0 fully saturated rings. The number of halogens is 2. The molecule has 8 heteroatoms. The second kappa shape index (κ2) is 7.66. The Morgan fingerprint density at radius 1 is 1.48 bits per heavy atom. The molecule has 132 valence electrons. The zero-order valence-electron chi connectivity index (χ0n) is 13.6. The third kappa shape index (κ3) is 3.88. The normalized spacial score (nSPS) is 17.2. The molecule has 1 aromatic rings. The second-order valence-electron chi connectivity index (χ2n) is 5.07. The van der Waals surface area contributed by atoms with Crippen LogP contribution in [0.1, 0.15) is 25.3 Å². The van der Waals surface area contributed by atoms with E-state index in [1.54, 1.807) is 13.0 Å². The van der Waals surface area contributed by atoms with Crippen molar-refractivity contribution in [2.24, 2.45) is 5.73 Å². The predicted molar refractivity (Wildman–Crippen MR) is 83.1 cm³/mol. The van der Waals surface area contributed by atoms with Gasteiger partial charge < -0.3 is 19.9 Å². The molecule has 0 saturated carbocycles. The van der Waals surface area contributed by atoms with Crippen molar-refractivity contribution in [3.05, 3.63) is 52.6 Å². The number of nitrogens with two attached hydrogens (primary N) is 1. The zero-order valence-corrected chi connectivity index (χ0v) is 13.6. The molecule has 0 aromatic heterocycles. The topological polar surface area (TPSA) is 94.6 Å². The Labute approximate surface area is 143 Å². The van der Waals surface area contributed by atoms with Crippen molar-refractivity contribution in [3.8, 4) is 11.8 Å². The van der Waals surface area contributed by atoms with E-state index in [1.165, 1.54) is 25.1 Å². The number of alkyl halides is 2. The lowest BCUT2D eigenvalue weighted by Crippen LogP contribution is -2.25. The number of allylic oxidation sites excluding steroid dienone is 2. The predicted octanol–water partition coefficient (Wildman–Crippen LogP) is 2.93. The molecule has 0 radical (unpaired) electrons. The average molecular weight is 350 g/mol. The van der Waals surface area contributed by atoms with E-state index in [1.807, 2.05) is 6.07 Å². The third-order valence-electron chi connectivity index (χ3n) is 3.52. The molecule has 1 heterocycles. The quantitative estimate of drug-likeness (QED) is 0.821. The second-order valence-corrected chi connectivity index (χ2v) is 5.07. The lowest BCUT2D eigenvalue weighted by Gasteiger charge is -2.27. The summed E-state index contributed by atoms with van der Waals surface area (Å²) >= 11 is 0. The summed E-state index contributed by atoms with van der Waals surface area (Å²) in [4.78, 5) is 12.3. The fraction of sp³-hybridized carbons (Fsp3) is 0.294. The highest BCUT2D eigenvalue weighted by molar-refractivity contribution is 5.92. The van der Waals surface area contributed by atoms with Gasteiger partial charge >= 0.3 is 12.6 Å². The minimum Gasteiger partial charge on any atom is -0.463 e. The molecular weight excluding hydrogens is 334 g/mol. The molecule has 0 amide bonds. The first kappa shape index (κ1) is 18.3. The molecule has 25 heavy (non-hydrogen) atoms. The Hall–Kier alpha value is -3.08. The van der Waals surface area contributed by atoms with Crippen molar-refractivity contribution in [1.82, 2.24) is 0 Å². The van der Waals surface area contributed by atoms with Gasteiger partial charge in [-0.15, -0.1) is 0 Å². The van der Waals surface area contributed by atoms with E-state index < -0.39 is 18.5 Å². The molecule has 2 rings (SSSR count). The van der Waals surface area contributed by atoms with Crippen LogP contribution in [0.25, 0.3) is 0 Å². The van der Waals surface area contributed by atoms with Crippen LogP contribution >= 0.6 is 0 Å². The summed E-state index contributed by atoms with van der Waals surface area (Å²) in [7, 11) is 0. The number of carbonyl (C=O) groups is 1. The maximum atomic E-state index is 12.5. The van der Waals surface area contributed by atoms with E-state index in [2.05, 4.69) is 4.74 Å². The maximum absolute atomic E-state index is 12.5. The van der Waals surface area contributed by atoms with Crippen LogP contribution in [0, 0.1) is 11.3 Å². The molecule has 1 aliphatic heterocycles. The van der Waals surface area contributed by atoms with E-state index in [9.17, 15) is 18.8 Å². The molecule has 1 atom stereocenters. The Bertz CT molecular complexity index is 781. The van der Waals surface area contributed by atoms with Gasteiger partial charge in [-0.25, -0.2) is 4.79 Å². The number of hydrogen-bond donors (Lipinski definition) is 1. The fourth-order valence-corrected chi connectivity index (χ4v) is 2.56. The highest BCUT2D eigenvalue weighted by Gasteiger charge is 2.36. The van der Waals surface area contributed by atoms with Gasteiger partial charge in [-0.05, 0) is 31.5 Å². The first-order chi connectivity index (χ1) is 11.9. The summed E-state index contributed by atoms with van der Waals surface area (Å²) < 4.78 is 39.6. The van der Waals surface area contributed by atoms with Gasteiger partial charge in [0.25, 0.3) is 0 Å². The van der Waals surface area contributed by atoms with E-state index in [4.69, 9.17) is 15.2 Å². The van der Waals surface area contributed by atoms with Crippen LogP contribution in [0.2, 0.25) is 0 Å². The SMILES string of the molecule is CCOC(=O)C1=C(C)OC(N)=C(C#N)C1c1cccc(OC(F)F)c1. The van der Waals surface area contributed by atoms with Crippen molar-refractivity contribution in [1.29, 1.82) is 5.26 Å². The Balaban J connectivity index is 2.57. The van der Waals surface area contributed by atoms with Crippen LogP contribution in [-0.2, 0) is 14.3 Å². The first-order valence-electron chi connectivity index (χ1n) is 7.39. The standard InChI is InChI=1S/C17H16F2N2O4/c1-3-23-16(22)13-9(2)24-15(21)12(8-20)14(13)10-5-4-6-11(7-10)25-17(18)19/h4-7,14,17H,3,21H2,1-2H3. The summed E-state index contributed by atoms with van der Waals surface area (Å²) in [5.74, 6) is -1.65. The number of nitrogens with zero attached hydrogens (tertiary/aromatic N) is 1. The van der Waals surface area contributed by atoms with Gasteiger partial charge in [0.15, 0.2) is 0 Å². The third-order valence-corrected chi connectivity index (χ3v) is 3.52. The van der Waals surface area contributed by atoms with Gasteiger partial charge in [-0.3, -0.25) is 0 Å². The van der Waals surface area contributed by atoms with E-state index in [0.717, 1.165) is 0 Å². The molecule has 0 aliphatic carbocycles. The van der Waals surface area contributed by atoms with Crippen molar-refractivity contribution in [2.45, 2.75) is 26.4 Å². The van der Waals surface area contributed by atoms with Gasteiger partial charge in [0.1, 0.15) is 23.2 Å². The van der Waals surface area contributed by atoms with Crippen LogP contribution in [0.3, 0.4) is 0 Å². The van der Waals surface area contributed by atoms with Crippen molar-refractivity contribution < 1.29 is 27.8 Å². The van der Waals surface area contributed by atoms with Crippen molar-refractivity contribution in [3.63, 3.8) is 0 Å². The molecule has 1 aliphatic rings. The van der Waals surface area contributed by atoms with Gasteiger partial charge in [0.2, 0.25) is 5.88 Å². The van der Waals surface area contributed by atoms with Crippen molar-refractivity contribution >= 4 is 5.97 Å². The van der Waals surface area contributed by atoms with Gasteiger partial charge in [-0.2, -0.15) is 14.0 Å². The molecule has 2 N–H and O–H groups in total. The highest BCUT2D eigenvalue weighted by Crippen LogP contribution is 2.40. The number of ether oxygens (including phenoxy) is 3. The van der Waals surface area contributed by atoms with Crippen LogP contribution in [0.4, 0.5) is 8.78 Å². The molecule has 0 bridgehead atoms. The largest absolute Gasteiger partial charge is 0.463 e. The van der Waals surface area contributed by atoms with Crippen LogP contribution < -0.4 is 10.5 Å². The van der Waals surface area contributed by atoms with Gasteiger partial charge in [0.05, 0.1) is 18.1 Å². The van der Waals surface area contributed by atoms with E-state index in [0.29, 0.717) is 5.56 Å². The van der Waals surface area contributed by atoms with Gasteiger partial charge in [0, 0.05) is 0 Å². The average Bonchev–Trinajstić information content (AvgIpc) is 2.54. The number of carbonyl (C=O) groups excluding carboxylic acids is 1. The monoisotopic (exact) mass is 350 g/mol. The van der Waals surface area contributed by atoms with Crippen molar-refractivity contribution in [2.75, 3.05) is 6.61 Å². The number of rotatable bonds is 5.